The number of ether oxygens (including phenoxy) is 1. The lowest BCUT2D eigenvalue weighted by molar-refractivity contribution is -0.121. The monoisotopic (exact) mass is 236 g/mol. The van der Waals surface area contributed by atoms with Gasteiger partial charge in [0.15, 0.2) is 11.6 Å². The van der Waals surface area contributed by atoms with Crippen LogP contribution in [0.3, 0.4) is 0 Å². The van der Waals surface area contributed by atoms with Crippen LogP contribution in [0.1, 0.15) is 25.3 Å². The fourth-order valence-corrected chi connectivity index (χ4v) is 1.29. The van der Waals surface area contributed by atoms with Crippen LogP contribution in [0.4, 0.5) is 17.6 Å². The molecule has 0 atom stereocenters. The molecule has 2 nitrogen and oxygen atoms in total. The molecule has 0 heterocycles. The van der Waals surface area contributed by atoms with Gasteiger partial charge in [0.25, 0.3) is 6.47 Å². The van der Waals surface area contributed by atoms with Gasteiger partial charge in [-0.1, -0.05) is 13.8 Å². The van der Waals surface area contributed by atoms with Crippen molar-refractivity contribution >= 4 is 6.47 Å². The number of carbonyl (C=O) groups excluding carboxylic acids is 1. The van der Waals surface area contributed by atoms with E-state index < -0.39 is 40.5 Å². The second-order valence-corrected chi connectivity index (χ2v) is 3.37. The third-order valence-electron chi connectivity index (χ3n) is 2.00. The number of benzene rings is 1. The van der Waals surface area contributed by atoms with Gasteiger partial charge in [-0.15, -0.1) is 0 Å². The molecule has 0 amide bonds. The molecule has 1 aromatic rings. The lowest BCUT2D eigenvalue weighted by Gasteiger charge is -2.12. The Balaban J connectivity index is 3.55. The van der Waals surface area contributed by atoms with Crippen molar-refractivity contribution in [3.63, 3.8) is 0 Å². The molecule has 0 radical (unpaired) electrons. The van der Waals surface area contributed by atoms with Crippen molar-refractivity contribution in [2.75, 3.05) is 0 Å². The van der Waals surface area contributed by atoms with Gasteiger partial charge in [-0.05, 0) is 5.92 Å². The minimum Gasteiger partial charge on any atom is -0.422 e. The Morgan fingerprint density at radius 3 is 1.75 bits per heavy atom. The molecule has 0 N–H and O–H groups in total. The molecular weight excluding hydrogens is 228 g/mol. The molecule has 0 aliphatic heterocycles. The lowest BCUT2D eigenvalue weighted by atomic mass is 10.0. The largest absolute Gasteiger partial charge is 0.422 e. The minimum atomic E-state index is -1.71. The highest BCUT2D eigenvalue weighted by molar-refractivity contribution is 5.47. The van der Waals surface area contributed by atoms with Gasteiger partial charge in [0, 0.05) is 5.56 Å². The smallest absolute Gasteiger partial charge is 0.298 e. The maximum atomic E-state index is 13.3. The number of hydrogen-bond donors (Lipinski definition) is 0. The average Bonchev–Trinajstić information content (AvgIpc) is 2.21. The van der Waals surface area contributed by atoms with E-state index in [1.165, 1.54) is 13.8 Å². The van der Waals surface area contributed by atoms with Crippen LogP contribution < -0.4 is 4.74 Å². The summed E-state index contributed by atoms with van der Waals surface area (Å²) in [4.78, 5) is 9.92. The third-order valence-corrected chi connectivity index (χ3v) is 2.00. The van der Waals surface area contributed by atoms with Gasteiger partial charge in [0.1, 0.15) is 0 Å². The maximum Gasteiger partial charge on any atom is 0.298 e. The van der Waals surface area contributed by atoms with E-state index in [9.17, 15) is 22.4 Å². The molecule has 0 spiro atoms. The molecule has 0 saturated heterocycles. The van der Waals surface area contributed by atoms with Gasteiger partial charge in [0.05, 0.1) is 0 Å². The molecule has 16 heavy (non-hydrogen) atoms. The zero-order valence-electron chi connectivity index (χ0n) is 8.48. The predicted octanol–water partition coefficient (Wildman–Crippen LogP) is 2.90. The number of rotatable bonds is 3. The van der Waals surface area contributed by atoms with Crippen molar-refractivity contribution in [2.24, 2.45) is 0 Å². The fourth-order valence-electron chi connectivity index (χ4n) is 1.29. The topological polar surface area (TPSA) is 26.3 Å². The highest BCUT2D eigenvalue weighted by atomic mass is 19.2. The number of halogens is 4. The SMILES string of the molecule is CC(C)c1c(F)c(F)c(OC=O)c(F)c1F. The van der Waals surface area contributed by atoms with E-state index in [0.29, 0.717) is 0 Å². The Bertz CT molecular complexity index is 400. The molecule has 0 fully saturated rings. The summed E-state index contributed by atoms with van der Waals surface area (Å²) < 4.78 is 56.8. The van der Waals surface area contributed by atoms with Gasteiger partial charge in [-0.3, -0.25) is 4.79 Å². The first-order chi connectivity index (χ1) is 7.41. The molecule has 0 unspecified atom stereocenters. The van der Waals surface area contributed by atoms with Gasteiger partial charge in [-0.2, -0.15) is 8.78 Å². The van der Waals surface area contributed by atoms with Crippen LogP contribution in [0.15, 0.2) is 0 Å². The normalized spacial score (nSPS) is 10.7. The fraction of sp³-hybridized carbons (Fsp3) is 0.300. The van der Waals surface area contributed by atoms with E-state index in [2.05, 4.69) is 4.74 Å². The summed E-state index contributed by atoms with van der Waals surface area (Å²) in [5.41, 5.74) is -0.715. The van der Waals surface area contributed by atoms with Crippen molar-refractivity contribution in [1.82, 2.24) is 0 Å². The van der Waals surface area contributed by atoms with Gasteiger partial charge in [-0.25, -0.2) is 8.78 Å². The Morgan fingerprint density at radius 2 is 1.44 bits per heavy atom. The molecule has 0 saturated carbocycles. The molecular formula is C10H8F4O2. The third kappa shape index (κ3) is 1.87. The molecule has 0 aliphatic carbocycles. The average molecular weight is 236 g/mol. The predicted molar refractivity (Wildman–Crippen MR) is 47.1 cm³/mol. The lowest BCUT2D eigenvalue weighted by Crippen LogP contribution is -2.08. The summed E-state index contributed by atoms with van der Waals surface area (Å²) in [6.07, 6.45) is 0. The van der Waals surface area contributed by atoms with Gasteiger partial charge in [0.2, 0.25) is 17.4 Å². The van der Waals surface area contributed by atoms with E-state index in [0.717, 1.165) is 0 Å². The van der Waals surface area contributed by atoms with Crippen molar-refractivity contribution in [3.8, 4) is 5.75 Å². The van der Waals surface area contributed by atoms with Crippen LogP contribution >= 0.6 is 0 Å². The van der Waals surface area contributed by atoms with E-state index in [4.69, 9.17) is 0 Å². The Morgan fingerprint density at radius 1 is 1.00 bits per heavy atom. The minimum absolute atomic E-state index is 0.310. The van der Waals surface area contributed by atoms with Gasteiger partial charge < -0.3 is 4.74 Å². The highest BCUT2D eigenvalue weighted by Gasteiger charge is 2.27. The summed E-state index contributed by atoms with van der Waals surface area (Å²) in [5.74, 6) is -8.63. The van der Waals surface area contributed by atoms with E-state index >= 15 is 0 Å². The molecule has 6 heteroatoms. The van der Waals surface area contributed by atoms with Gasteiger partial charge >= 0.3 is 0 Å². The molecule has 0 aromatic heterocycles. The summed E-state index contributed by atoms with van der Waals surface area (Å²) in [6.45, 7) is 2.44. The number of carbonyl (C=O) groups is 1. The van der Waals surface area contributed by atoms with Crippen LogP contribution in [0.2, 0.25) is 0 Å². The highest BCUT2D eigenvalue weighted by Crippen LogP contribution is 2.33. The van der Waals surface area contributed by atoms with Crippen LogP contribution in [-0.2, 0) is 4.79 Å². The van der Waals surface area contributed by atoms with Crippen LogP contribution in [-0.4, -0.2) is 6.47 Å². The van der Waals surface area contributed by atoms with Crippen molar-refractivity contribution in [1.29, 1.82) is 0 Å². The summed E-state index contributed by atoms with van der Waals surface area (Å²) in [7, 11) is 0. The van der Waals surface area contributed by atoms with E-state index in [-0.39, 0.29) is 6.47 Å². The van der Waals surface area contributed by atoms with Crippen LogP contribution in [0.5, 0.6) is 5.75 Å². The molecule has 1 rings (SSSR count). The first kappa shape index (κ1) is 12.5. The van der Waals surface area contributed by atoms with E-state index in [1.807, 2.05) is 0 Å². The molecule has 0 aliphatic rings. The van der Waals surface area contributed by atoms with Crippen molar-refractivity contribution < 1.29 is 27.1 Å². The molecule has 1 aromatic carbocycles. The molecule has 88 valence electrons. The standard InChI is InChI=1S/C10H8F4O2/c1-4(2)5-6(11)8(13)10(16-3-15)9(14)7(5)12/h3-4H,1-2H3. The second-order valence-electron chi connectivity index (χ2n) is 3.37. The first-order valence-electron chi connectivity index (χ1n) is 4.37. The quantitative estimate of drug-likeness (QED) is 0.458. The van der Waals surface area contributed by atoms with Crippen LogP contribution in [0.25, 0.3) is 0 Å². The summed E-state index contributed by atoms with van der Waals surface area (Å²) >= 11 is 0. The molecule has 0 bridgehead atoms. The van der Waals surface area contributed by atoms with Crippen LogP contribution in [0, 0.1) is 23.3 Å². The van der Waals surface area contributed by atoms with Crippen molar-refractivity contribution in [2.45, 2.75) is 19.8 Å². The van der Waals surface area contributed by atoms with E-state index in [1.54, 1.807) is 0 Å². The first-order valence-corrected chi connectivity index (χ1v) is 4.37. The zero-order valence-corrected chi connectivity index (χ0v) is 8.48. The maximum absolute atomic E-state index is 13.3. The number of hydrogen-bond acceptors (Lipinski definition) is 2. The Kier molecular flexibility index (Phi) is 3.51. The second kappa shape index (κ2) is 4.51. The summed E-state index contributed by atoms with van der Waals surface area (Å²) in [6, 6.07) is 0. The zero-order chi connectivity index (χ0) is 12.5. The Hall–Kier alpha value is -1.59. The Labute approximate surface area is 88.8 Å². The summed E-state index contributed by atoms with van der Waals surface area (Å²) in [5, 5.41) is 0. The van der Waals surface area contributed by atoms with Crippen molar-refractivity contribution in [3.05, 3.63) is 28.8 Å².